The topological polar surface area (TPSA) is 71.7 Å². The summed E-state index contributed by atoms with van der Waals surface area (Å²) in [6.45, 7) is 1.94. The molecule has 3 heterocycles. The van der Waals surface area contributed by atoms with E-state index in [4.69, 9.17) is 10.5 Å². The highest BCUT2D eigenvalue weighted by Gasteiger charge is 2.42. The Morgan fingerprint density at radius 3 is 2.55 bits per heavy atom. The van der Waals surface area contributed by atoms with Crippen molar-refractivity contribution < 1.29 is 9.53 Å². The number of carbonyl (C=O) groups excluding carboxylic acids is 1. The van der Waals surface area contributed by atoms with Crippen molar-refractivity contribution in [2.24, 2.45) is 11.7 Å². The molecule has 2 unspecified atom stereocenters. The Kier molecular flexibility index (Phi) is 5.54. The second-order valence-corrected chi connectivity index (χ2v) is 9.85. The van der Waals surface area contributed by atoms with Gasteiger partial charge in [0.2, 0.25) is 0 Å². The van der Waals surface area contributed by atoms with Crippen LogP contribution in [0.2, 0.25) is 0 Å². The van der Waals surface area contributed by atoms with Crippen molar-refractivity contribution >= 4 is 27.6 Å². The van der Waals surface area contributed by atoms with Crippen LogP contribution in [0.25, 0.3) is 10.2 Å². The van der Waals surface area contributed by atoms with Gasteiger partial charge in [-0.15, -0.1) is 0 Å². The fraction of sp³-hybridized carbons (Fsp3) is 0.417. The molecule has 2 amide bonds. The summed E-state index contributed by atoms with van der Waals surface area (Å²) in [6.07, 6.45) is 4.34. The molecule has 162 valence electrons. The molecule has 0 spiro atoms. The first-order chi connectivity index (χ1) is 15.0. The second kappa shape index (κ2) is 8.48. The molecule has 5 rings (SSSR count). The van der Waals surface area contributed by atoms with Crippen molar-refractivity contribution in [3.63, 3.8) is 0 Å². The van der Waals surface area contributed by atoms with Crippen molar-refractivity contribution in [2.75, 3.05) is 13.6 Å². The molecule has 1 aromatic heterocycles. The van der Waals surface area contributed by atoms with Crippen molar-refractivity contribution in [3.8, 4) is 10.9 Å². The number of amides is 2. The van der Waals surface area contributed by atoms with Gasteiger partial charge in [0.1, 0.15) is 5.75 Å². The van der Waals surface area contributed by atoms with Gasteiger partial charge in [-0.05, 0) is 68.5 Å². The second-order valence-electron chi connectivity index (χ2n) is 8.86. The first-order valence-electron chi connectivity index (χ1n) is 10.9. The third kappa shape index (κ3) is 4.38. The monoisotopic (exact) mass is 436 g/mol. The third-order valence-corrected chi connectivity index (χ3v) is 7.42. The molecule has 2 N–H and O–H groups in total. The number of aromatic nitrogens is 1. The van der Waals surface area contributed by atoms with E-state index in [1.165, 1.54) is 5.56 Å². The zero-order valence-corrected chi connectivity index (χ0v) is 18.6. The Labute approximate surface area is 186 Å². The summed E-state index contributed by atoms with van der Waals surface area (Å²) in [5.74, 6) is 1.43. The number of piperidine rings is 1. The maximum atomic E-state index is 11.7. The first-order valence-corrected chi connectivity index (χ1v) is 11.8. The van der Waals surface area contributed by atoms with Gasteiger partial charge in [0.05, 0.1) is 10.2 Å². The van der Waals surface area contributed by atoms with E-state index in [0.29, 0.717) is 23.2 Å². The average Bonchev–Trinajstić information content (AvgIpc) is 3.27. The normalized spacial score (nSPS) is 22.9. The quantitative estimate of drug-likeness (QED) is 0.600. The Bertz CT molecular complexity index is 1020. The lowest BCUT2D eigenvalue weighted by Crippen LogP contribution is -2.50. The van der Waals surface area contributed by atoms with Gasteiger partial charge in [-0.2, -0.15) is 0 Å². The lowest BCUT2D eigenvalue weighted by atomic mass is 9.90. The number of hydrogen-bond acceptors (Lipinski definition) is 5. The van der Waals surface area contributed by atoms with E-state index in [1.54, 1.807) is 11.3 Å². The summed E-state index contributed by atoms with van der Waals surface area (Å²) < 4.78 is 7.09. The zero-order chi connectivity index (χ0) is 21.4. The summed E-state index contributed by atoms with van der Waals surface area (Å²) >= 11 is 1.56. The maximum absolute atomic E-state index is 11.7. The Morgan fingerprint density at radius 2 is 1.87 bits per heavy atom. The predicted molar refractivity (Wildman–Crippen MR) is 123 cm³/mol. The molecule has 7 heteroatoms. The highest BCUT2D eigenvalue weighted by atomic mass is 32.1. The number of carbonyl (C=O) groups is 1. The zero-order valence-electron chi connectivity index (χ0n) is 17.7. The number of nitrogens with two attached hydrogens (primary N) is 1. The van der Waals surface area contributed by atoms with Gasteiger partial charge in [-0.25, -0.2) is 9.78 Å². The molecule has 2 bridgehead atoms. The van der Waals surface area contributed by atoms with E-state index < -0.39 is 0 Å². The number of para-hydroxylation sites is 1. The smallest absolute Gasteiger partial charge is 0.315 e. The maximum Gasteiger partial charge on any atom is 0.315 e. The molecule has 0 radical (unpaired) electrons. The molecule has 2 aromatic carbocycles. The average molecular weight is 437 g/mol. The third-order valence-electron chi connectivity index (χ3n) is 6.51. The summed E-state index contributed by atoms with van der Waals surface area (Å²) in [5.41, 5.74) is 7.81. The minimum atomic E-state index is -0.243. The lowest BCUT2D eigenvalue weighted by molar-refractivity contribution is 0.111. The Balaban J connectivity index is 1.15. The van der Waals surface area contributed by atoms with Crippen molar-refractivity contribution in [1.82, 2.24) is 14.8 Å². The first kappa shape index (κ1) is 20.3. The van der Waals surface area contributed by atoms with Crippen LogP contribution in [0.15, 0.2) is 48.5 Å². The number of ether oxygens (including phenoxy) is 1. The number of rotatable bonds is 6. The number of hydrogen-bond donors (Lipinski definition) is 1. The van der Waals surface area contributed by atoms with Crippen LogP contribution in [0.5, 0.6) is 10.9 Å². The largest absolute Gasteiger partial charge is 0.431 e. The van der Waals surface area contributed by atoms with Gasteiger partial charge in [0.15, 0.2) is 0 Å². The van der Waals surface area contributed by atoms with Crippen LogP contribution in [-0.4, -0.2) is 46.5 Å². The molecule has 0 aliphatic carbocycles. The summed E-state index contributed by atoms with van der Waals surface area (Å²) in [5, 5.41) is 0.669. The highest BCUT2D eigenvalue weighted by molar-refractivity contribution is 7.20. The molecule has 2 aliphatic rings. The Hall–Kier alpha value is -2.64. The number of benzene rings is 2. The molecule has 2 aliphatic heterocycles. The van der Waals surface area contributed by atoms with Gasteiger partial charge in [-0.1, -0.05) is 35.6 Å². The van der Waals surface area contributed by atoms with Crippen LogP contribution < -0.4 is 10.5 Å². The van der Waals surface area contributed by atoms with Crippen LogP contribution in [0.4, 0.5) is 4.79 Å². The van der Waals surface area contributed by atoms with Gasteiger partial charge in [0.25, 0.3) is 5.19 Å². The van der Waals surface area contributed by atoms with Crippen LogP contribution in [0.1, 0.15) is 31.2 Å². The van der Waals surface area contributed by atoms with Crippen molar-refractivity contribution in [3.05, 3.63) is 54.1 Å². The highest BCUT2D eigenvalue weighted by Crippen LogP contribution is 2.38. The van der Waals surface area contributed by atoms with Crippen LogP contribution in [0, 0.1) is 5.92 Å². The van der Waals surface area contributed by atoms with Crippen molar-refractivity contribution in [1.29, 1.82) is 0 Å². The van der Waals surface area contributed by atoms with Gasteiger partial charge in [0, 0.05) is 25.2 Å². The van der Waals surface area contributed by atoms with E-state index >= 15 is 0 Å². The van der Waals surface area contributed by atoms with Crippen LogP contribution in [-0.2, 0) is 6.54 Å². The molecule has 0 saturated carbocycles. The number of nitrogens with zero attached hydrogens (tertiary/aromatic N) is 3. The molecule has 31 heavy (non-hydrogen) atoms. The molecular formula is C24H28N4O2S. The van der Waals surface area contributed by atoms with E-state index in [2.05, 4.69) is 35.1 Å². The van der Waals surface area contributed by atoms with Gasteiger partial charge < -0.3 is 20.3 Å². The molecular weight excluding hydrogens is 408 g/mol. The summed E-state index contributed by atoms with van der Waals surface area (Å²) in [7, 11) is 2.17. The fourth-order valence-corrected chi connectivity index (χ4v) is 6.11. The molecule has 2 saturated heterocycles. The standard InChI is InChI=1S/C24H28N4O2S/c1-27(15-17-12-18-8-9-19(13-17)28(18)23(25)29)14-16-6-10-20(11-7-16)30-24-26-21-4-2-3-5-22(21)31-24/h2-7,10-11,17-19H,8-9,12-15H2,1H3,(H2,25,29). The SMILES string of the molecule is CN(Cc1ccc(Oc2nc3ccccc3s2)cc1)CC1CC2CCC(C1)N2C(N)=O. The fourth-order valence-electron chi connectivity index (χ4n) is 5.27. The number of thiazole rings is 1. The Morgan fingerprint density at radius 1 is 1.16 bits per heavy atom. The van der Waals surface area contributed by atoms with Crippen molar-refractivity contribution in [2.45, 2.75) is 44.3 Å². The summed E-state index contributed by atoms with van der Waals surface area (Å²) in [4.78, 5) is 20.5. The number of urea groups is 1. The van der Waals surface area contributed by atoms with Crippen LogP contribution in [0.3, 0.4) is 0 Å². The molecule has 3 aromatic rings. The number of primary amides is 1. The molecule has 2 atom stereocenters. The van der Waals surface area contributed by atoms with E-state index in [-0.39, 0.29) is 6.03 Å². The van der Waals surface area contributed by atoms with E-state index in [0.717, 1.165) is 54.7 Å². The molecule has 2 fully saturated rings. The lowest BCUT2D eigenvalue weighted by Gasteiger charge is -2.39. The van der Waals surface area contributed by atoms with E-state index in [1.807, 2.05) is 35.2 Å². The summed E-state index contributed by atoms with van der Waals surface area (Å²) in [6, 6.07) is 16.8. The van der Waals surface area contributed by atoms with E-state index in [9.17, 15) is 4.79 Å². The minimum Gasteiger partial charge on any atom is -0.431 e. The van der Waals surface area contributed by atoms with Gasteiger partial charge in [-0.3, -0.25) is 0 Å². The molecule has 6 nitrogen and oxygen atoms in total. The minimum absolute atomic E-state index is 0.243. The van der Waals surface area contributed by atoms with Crippen LogP contribution >= 0.6 is 11.3 Å². The predicted octanol–water partition coefficient (Wildman–Crippen LogP) is 4.84. The van der Waals surface area contributed by atoms with Gasteiger partial charge >= 0.3 is 6.03 Å². The number of fused-ring (bicyclic) bond motifs is 3.